The zero-order chi connectivity index (χ0) is 19.2. The van der Waals surface area contributed by atoms with Crippen LogP contribution in [0, 0.1) is 5.92 Å². The predicted octanol–water partition coefficient (Wildman–Crippen LogP) is 5.83. The zero-order valence-electron chi connectivity index (χ0n) is 14.1. The van der Waals surface area contributed by atoms with Gasteiger partial charge in [-0.1, -0.05) is 17.7 Å². The lowest BCUT2D eigenvalue weighted by Crippen LogP contribution is -2.24. The molecule has 3 aromatic rings. The van der Waals surface area contributed by atoms with Crippen LogP contribution in [0.2, 0.25) is 5.15 Å². The third-order valence-electron chi connectivity index (χ3n) is 4.64. The molecule has 0 radical (unpaired) electrons. The van der Waals surface area contributed by atoms with Gasteiger partial charge < -0.3 is 15.5 Å². The largest absolute Gasteiger partial charge is 0.456 e. The maximum atomic E-state index is 13.1. The van der Waals surface area contributed by atoms with Gasteiger partial charge in [-0.15, -0.1) is 11.3 Å². The van der Waals surface area contributed by atoms with Gasteiger partial charge in [0.25, 0.3) is 5.92 Å². The van der Waals surface area contributed by atoms with Gasteiger partial charge in [0.2, 0.25) is 0 Å². The van der Waals surface area contributed by atoms with E-state index in [0.717, 1.165) is 5.69 Å². The number of hydrogen-bond donors (Lipinski definition) is 2. The van der Waals surface area contributed by atoms with Crippen LogP contribution in [0.4, 0.5) is 14.5 Å². The van der Waals surface area contributed by atoms with Gasteiger partial charge in [-0.3, -0.25) is 0 Å². The summed E-state index contributed by atoms with van der Waals surface area (Å²) in [4.78, 5) is 5.51. The highest BCUT2D eigenvalue weighted by Crippen LogP contribution is 2.51. The first kappa shape index (κ1) is 19.1. The Hall–Kier alpha value is -1.22. The molecule has 0 spiro atoms. The van der Waals surface area contributed by atoms with Crippen molar-refractivity contribution >= 4 is 55.7 Å². The van der Waals surface area contributed by atoms with E-state index < -0.39 is 17.9 Å². The molecule has 0 amide bonds. The minimum absolute atomic E-state index is 0.0735. The van der Waals surface area contributed by atoms with Crippen LogP contribution in [0.15, 0.2) is 32.5 Å². The van der Waals surface area contributed by atoms with Crippen LogP contribution in [0.3, 0.4) is 0 Å². The third-order valence-corrected chi connectivity index (χ3v) is 6.53. The number of halogens is 4. The Morgan fingerprint density at radius 3 is 2.96 bits per heavy atom. The molecular formula is C18H17BrClF2N3OS. The minimum Gasteiger partial charge on any atom is -0.456 e. The predicted molar refractivity (Wildman–Crippen MR) is 108 cm³/mol. The fourth-order valence-electron chi connectivity index (χ4n) is 3.12. The molecule has 27 heavy (non-hydrogen) atoms. The first-order valence-electron chi connectivity index (χ1n) is 8.50. The van der Waals surface area contributed by atoms with E-state index in [0.29, 0.717) is 39.5 Å². The summed E-state index contributed by atoms with van der Waals surface area (Å²) < 4.78 is 32.9. The van der Waals surface area contributed by atoms with Crippen molar-refractivity contribution in [3.8, 4) is 0 Å². The van der Waals surface area contributed by atoms with Gasteiger partial charge >= 0.3 is 0 Å². The van der Waals surface area contributed by atoms with Crippen LogP contribution in [0.25, 0.3) is 11.1 Å². The highest BCUT2D eigenvalue weighted by molar-refractivity contribution is 9.10. The van der Waals surface area contributed by atoms with Gasteiger partial charge in [-0.25, -0.2) is 13.8 Å². The van der Waals surface area contributed by atoms with Gasteiger partial charge in [0.15, 0.2) is 5.58 Å². The second-order valence-electron chi connectivity index (χ2n) is 6.80. The maximum Gasteiger partial charge on any atom is 0.251 e. The number of alkyl halides is 2. The molecule has 3 N–H and O–H groups in total. The molecule has 3 aromatic heterocycles. The van der Waals surface area contributed by atoms with Gasteiger partial charge in [-0.2, -0.15) is 0 Å². The third kappa shape index (κ3) is 4.13. The molecular weight excluding hydrogens is 460 g/mol. The van der Waals surface area contributed by atoms with E-state index in [-0.39, 0.29) is 12.8 Å². The molecule has 144 valence electrons. The minimum atomic E-state index is -2.56. The number of aromatic nitrogens is 1. The van der Waals surface area contributed by atoms with E-state index in [9.17, 15) is 8.78 Å². The molecule has 2 atom stereocenters. The number of nitrogens with zero attached hydrogens (tertiary/aromatic N) is 1. The normalized spacial score (nSPS) is 19.4. The summed E-state index contributed by atoms with van der Waals surface area (Å²) in [7, 11) is 0. The first-order valence-corrected chi connectivity index (χ1v) is 10.6. The topological polar surface area (TPSA) is 64.1 Å². The second-order valence-corrected chi connectivity index (χ2v) is 9.02. The molecule has 0 aromatic carbocycles. The van der Waals surface area contributed by atoms with E-state index in [2.05, 4.69) is 26.2 Å². The summed E-state index contributed by atoms with van der Waals surface area (Å²) in [6.07, 6.45) is 0.551. The van der Waals surface area contributed by atoms with Crippen molar-refractivity contribution in [2.24, 2.45) is 11.7 Å². The zero-order valence-corrected chi connectivity index (χ0v) is 17.3. The van der Waals surface area contributed by atoms with Gasteiger partial charge in [0.05, 0.1) is 10.2 Å². The molecule has 1 aliphatic rings. The summed E-state index contributed by atoms with van der Waals surface area (Å²) in [6.45, 7) is 0.636. The summed E-state index contributed by atoms with van der Waals surface area (Å²) >= 11 is 11.3. The fraction of sp³-hybridized carbons (Fsp3) is 0.389. The fourth-order valence-corrected chi connectivity index (χ4v) is 4.47. The van der Waals surface area contributed by atoms with Crippen LogP contribution >= 0.6 is 38.9 Å². The van der Waals surface area contributed by atoms with Crippen molar-refractivity contribution in [3.05, 3.63) is 43.8 Å². The molecule has 0 aliphatic heterocycles. The van der Waals surface area contributed by atoms with Crippen LogP contribution in [-0.2, 0) is 13.0 Å². The first-order chi connectivity index (χ1) is 12.8. The number of nitrogens with one attached hydrogen (secondary N) is 1. The number of furan rings is 1. The Labute approximate surface area is 172 Å². The number of anilines is 1. The van der Waals surface area contributed by atoms with Crippen LogP contribution in [0.1, 0.15) is 23.5 Å². The lowest BCUT2D eigenvalue weighted by molar-refractivity contribution is 0.0953. The molecule has 4 rings (SSSR count). The smallest absolute Gasteiger partial charge is 0.251 e. The number of pyridine rings is 1. The molecule has 1 saturated carbocycles. The number of nitrogens with two attached hydrogens (primary N) is 1. The van der Waals surface area contributed by atoms with Crippen LogP contribution in [-0.4, -0.2) is 16.9 Å². The highest BCUT2D eigenvalue weighted by atomic mass is 79.9. The van der Waals surface area contributed by atoms with Crippen LogP contribution in [0.5, 0.6) is 0 Å². The van der Waals surface area contributed by atoms with Gasteiger partial charge in [-0.05, 0) is 33.8 Å². The lowest BCUT2D eigenvalue weighted by Gasteiger charge is -2.09. The highest BCUT2D eigenvalue weighted by Gasteiger charge is 2.56. The maximum absolute atomic E-state index is 13.1. The quantitative estimate of drug-likeness (QED) is 0.421. The number of fused-ring (bicyclic) bond motifs is 1. The van der Waals surface area contributed by atoms with Crippen molar-refractivity contribution < 1.29 is 13.2 Å². The Morgan fingerprint density at radius 1 is 1.52 bits per heavy atom. The summed E-state index contributed by atoms with van der Waals surface area (Å²) in [5.41, 5.74) is 7.97. The molecule has 1 aliphatic carbocycles. The standard InChI is InChI=1S/C18H17BrClF2N3OS/c19-15-13(5-10(23)4-9-7-18(9,21)22)26-17-12(6-14(20)25-16(15)17)24-8-11-2-1-3-27-11/h1-3,6,9-10H,4-5,7-8,23H2,(H,24,25)/t9-,10+/m0/s1. The molecule has 3 heterocycles. The Morgan fingerprint density at radius 2 is 2.30 bits per heavy atom. The molecule has 4 nitrogen and oxygen atoms in total. The molecule has 9 heteroatoms. The van der Waals surface area contributed by atoms with Crippen molar-refractivity contribution in [2.45, 2.75) is 37.8 Å². The average molecular weight is 477 g/mol. The van der Waals surface area contributed by atoms with E-state index >= 15 is 0 Å². The SMILES string of the molecule is N[C@@H](Cc1oc2c(NCc3cccs3)cc(Cl)nc2c1Br)C[C@H]1CC1(F)F. The van der Waals surface area contributed by atoms with Crippen LogP contribution < -0.4 is 11.1 Å². The Bertz CT molecular complexity index is 963. The molecule has 0 bridgehead atoms. The summed E-state index contributed by atoms with van der Waals surface area (Å²) in [6, 6.07) is 5.33. The second kappa shape index (κ2) is 7.31. The van der Waals surface area contributed by atoms with Crippen molar-refractivity contribution in [3.63, 3.8) is 0 Å². The Kier molecular flexibility index (Phi) is 5.18. The van der Waals surface area contributed by atoms with Crippen molar-refractivity contribution in [2.75, 3.05) is 5.32 Å². The molecule has 0 saturated heterocycles. The monoisotopic (exact) mass is 475 g/mol. The van der Waals surface area contributed by atoms with Crippen molar-refractivity contribution in [1.82, 2.24) is 4.98 Å². The number of rotatable bonds is 7. The Balaban J connectivity index is 1.55. The van der Waals surface area contributed by atoms with E-state index in [4.69, 9.17) is 21.8 Å². The average Bonchev–Trinajstić information content (AvgIpc) is 2.97. The van der Waals surface area contributed by atoms with E-state index in [1.807, 2.05) is 17.5 Å². The van der Waals surface area contributed by atoms with E-state index in [1.54, 1.807) is 17.4 Å². The molecule has 1 fully saturated rings. The number of thiophene rings is 1. The summed E-state index contributed by atoms with van der Waals surface area (Å²) in [5.74, 6) is -2.59. The lowest BCUT2D eigenvalue weighted by atomic mass is 10.1. The van der Waals surface area contributed by atoms with Crippen molar-refractivity contribution in [1.29, 1.82) is 0 Å². The van der Waals surface area contributed by atoms with Gasteiger partial charge in [0.1, 0.15) is 16.4 Å². The molecule has 0 unspecified atom stereocenters. The van der Waals surface area contributed by atoms with Gasteiger partial charge in [0, 0.05) is 42.3 Å². The summed E-state index contributed by atoms with van der Waals surface area (Å²) in [5, 5.41) is 5.67. The van der Waals surface area contributed by atoms with E-state index in [1.165, 1.54) is 4.88 Å². The number of hydrogen-bond acceptors (Lipinski definition) is 5.